The fourth-order valence-electron chi connectivity index (χ4n) is 6.42. The zero-order valence-electron chi connectivity index (χ0n) is 28.0. The number of aromatic hydroxyl groups is 1. The van der Waals surface area contributed by atoms with Crippen molar-refractivity contribution in [2.45, 2.75) is 52.3 Å². The second-order valence-corrected chi connectivity index (χ2v) is 12.8. The molecule has 0 bridgehead atoms. The van der Waals surface area contributed by atoms with Crippen molar-refractivity contribution in [2.24, 2.45) is 4.99 Å². The molecule has 0 fully saturated rings. The van der Waals surface area contributed by atoms with E-state index in [1.54, 1.807) is 30.5 Å². The summed E-state index contributed by atoms with van der Waals surface area (Å²) in [6.45, 7) is 17.1. The van der Waals surface area contributed by atoms with E-state index in [1.165, 1.54) is 12.1 Å². The first-order chi connectivity index (χ1) is 23.7. The summed E-state index contributed by atoms with van der Waals surface area (Å²) in [6, 6.07) is 14.7. The lowest BCUT2D eigenvalue weighted by Crippen LogP contribution is -2.27. The van der Waals surface area contributed by atoms with Crippen LogP contribution in [0, 0.1) is 0 Å². The number of rotatable bonds is 8. The number of hydrogen-bond donors (Lipinski definition) is 3. The average molecular weight is 684 g/mol. The van der Waals surface area contributed by atoms with Crippen LogP contribution >= 0.6 is 0 Å². The number of halogens is 3. The van der Waals surface area contributed by atoms with Gasteiger partial charge in [0, 0.05) is 35.0 Å². The van der Waals surface area contributed by atoms with Crippen molar-refractivity contribution >= 4 is 46.5 Å². The maximum Gasteiger partial charge on any atom is 0.573 e. The summed E-state index contributed by atoms with van der Waals surface area (Å²) in [7, 11) is 0. The second-order valence-electron chi connectivity index (χ2n) is 12.8. The maximum absolute atomic E-state index is 13.1. The number of carbonyl (C=O) groups is 1. The summed E-state index contributed by atoms with van der Waals surface area (Å²) in [5.41, 5.74) is 6.85. The predicted molar refractivity (Wildman–Crippen MR) is 190 cm³/mol. The molecule has 9 nitrogen and oxygen atoms in total. The molecule has 50 heavy (non-hydrogen) atoms. The first-order valence-corrected chi connectivity index (χ1v) is 16.0. The van der Waals surface area contributed by atoms with Crippen molar-refractivity contribution in [3.8, 4) is 23.0 Å². The Hall–Kier alpha value is -5.78. The number of urea groups is 1. The molecule has 3 N–H and O–H groups in total. The minimum Gasteiger partial charge on any atom is -0.506 e. The molecule has 2 aliphatic rings. The molecule has 12 heteroatoms. The number of ether oxygens (including phenoxy) is 1. The van der Waals surface area contributed by atoms with Gasteiger partial charge in [-0.3, -0.25) is 0 Å². The number of nitrogens with one attached hydrogen (secondary N) is 2. The zero-order valence-corrected chi connectivity index (χ0v) is 28.0. The number of fused-ring (bicyclic) bond motifs is 2. The highest BCUT2D eigenvalue weighted by Crippen LogP contribution is 2.54. The van der Waals surface area contributed by atoms with Gasteiger partial charge in [0.25, 0.3) is 0 Å². The van der Waals surface area contributed by atoms with Gasteiger partial charge < -0.3 is 29.8 Å². The summed E-state index contributed by atoms with van der Waals surface area (Å²) < 4.78 is 47.9. The lowest BCUT2D eigenvalue weighted by molar-refractivity contribution is -0.274. The van der Waals surface area contributed by atoms with E-state index >= 15 is 0 Å². The van der Waals surface area contributed by atoms with E-state index in [0.29, 0.717) is 46.6 Å². The normalized spacial score (nSPS) is 15.0. The van der Waals surface area contributed by atoms with Crippen molar-refractivity contribution in [2.75, 3.05) is 22.1 Å². The van der Waals surface area contributed by atoms with E-state index in [9.17, 15) is 23.1 Å². The highest BCUT2D eigenvalue weighted by Gasteiger charge is 2.42. The quantitative estimate of drug-likeness (QED) is 0.170. The molecule has 0 saturated carbocycles. The highest BCUT2D eigenvalue weighted by atomic mass is 19.4. The van der Waals surface area contributed by atoms with Crippen molar-refractivity contribution in [3.63, 3.8) is 0 Å². The molecule has 0 unspecified atom stereocenters. The molecular weight excluding hydrogens is 647 g/mol. The van der Waals surface area contributed by atoms with Crippen LogP contribution < -0.4 is 20.3 Å². The number of para-hydroxylation sites is 2. The highest BCUT2D eigenvalue weighted by molar-refractivity contribution is 6.03. The van der Waals surface area contributed by atoms with Crippen molar-refractivity contribution < 1.29 is 32.2 Å². The summed E-state index contributed by atoms with van der Waals surface area (Å²) in [4.78, 5) is 24.5. The minimum atomic E-state index is -4.82. The Labute approximate surface area is 287 Å². The Kier molecular flexibility index (Phi) is 8.81. The summed E-state index contributed by atoms with van der Waals surface area (Å²) in [6.07, 6.45) is -1.48. The molecule has 6 rings (SSSR count). The minimum absolute atomic E-state index is 0.0323. The van der Waals surface area contributed by atoms with Gasteiger partial charge in [0.1, 0.15) is 17.2 Å². The van der Waals surface area contributed by atoms with Crippen LogP contribution in [-0.4, -0.2) is 35.2 Å². The SMILES string of the molecule is C=C1C=Nc2oc(-c3ccc(O)c4c3C(C)(C)CN4c3ccccc3NC(=O)Nc3ccc(OC(F)(F)F)cc3)nc2C(C(=C)CCC)=C1C. The van der Waals surface area contributed by atoms with Crippen molar-refractivity contribution in [3.05, 3.63) is 102 Å². The molecule has 2 aliphatic heterocycles. The third-order valence-electron chi connectivity index (χ3n) is 8.62. The number of phenols is 1. The first kappa shape index (κ1) is 34.1. The molecular formula is C38H36F3N5O4. The molecule has 0 radical (unpaired) electrons. The van der Waals surface area contributed by atoms with Gasteiger partial charge in [0.15, 0.2) is 0 Å². The second kappa shape index (κ2) is 12.9. The molecule has 1 aromatic heterocycles. The van der Waals surface area contributed by atoms with Gasteiger partial charge in [-0.05, 0) is 84.2 Å². The van der Waals surface area contributed by atoms with Crippen LogP contribution in [0.15, 0.2) is 100.0 Å². The summed E-state index contributed by atoms with van der Waals surface area (Å²) in [5, 5.41) is 16.8. The Morgan fingerprint density at radius 2 is 1.82 bits per heavy atom. The van der Waals surface area contributed by atoms with Crippen LogP contribution in [0.4, 0.5) is 46.6 Å². The van der Waals surface area contributed by atoms with E-state index in [-0.39, 0.29) is 11.4 Å². The number of nitrogens with zero attached hydrogens (tertiary/aromatic N) is 3. The number of aromatic nitrogens is 1. The van der Waals surface area contributed by atoms with E-state index in [0.717, 1.165) is 52.8 Å². The number of anilines is 4. The Morgan fingerprint density at radius 1 is 1.10 bits per heavy atom. The van der Waals surface area contributed by atoms with Crippen LogP contribution in [0.25, 0.3) is 17.0 Å². The van der Waals surface area contributed by atoms with Gasteiger partial charge in [0.05, 0.1) is 17.1 Å². The molecule has 3 aromatic carbocycles. The smallest absolute Gasteiger partial charge is 0.506 e. The predicted octanol–water partition coefficient (Wildman–Crippen LogP) is 10.4. The number of alkyl halides is 3. The Morgan fingerprint density at radius 3 is 2.52 bits per heavy atom. The molecule has 0 atom stereocenters. The monoisotopic (exact) mass is 683 g/mol. The molecule has 4 aromatic rings. The third kappa shape index (κ3) is 6.60. The number of phenolic OH excluding ortho intramolecular Hbond substituents is 1. The number of allylic oxidation sites excluding steroid dienone is 4. The molecule has 3 heterocycles. The van der Waals surface area contributed by atoms with Gasteiger partial charge in [0.2, 0.25) is 11.8 Å². The van der Waals surface area contributed by atoms with E-state index in [2.05, 4.69) is 54.3 Å². The van der Waals surface area contributed by atoms with E-state index in [1.807, 2.05) is 24.0 Å². The average Bonchev–Trinajstić information content (AvgIpc) is 3.56. The van der Waals surface area contributed by atoms with Crippen LogP contribution in [0.2, 0.25) is 0 Å². The van der Waals surface area contributed by atoms with Crippen LogP contribution in [0.3, 0.4) is 0 Å². The fraction of sp³-hybridized carbons (Fsp3) is 0.237. The van der Waals surface area contributed by atoms with Gasteiger partial charge in [-0.25, -0.2) is 14.8 Å². The number of hydrogen-bond acceptors (Lipinski definition) is 7. The van der Waals surface area contributed by atoms with Crippen molar-refractivity contribution in [1.29, 1.82) is 0 Å². The number of carbonyl (C=O) groups excluding carboxylic acids is 1. The molecule has 2 amide bonds. The van der Waals surface area contributed by atoms with Gasteiger partial charge in [-0.2, -0.15) is 0 Å². The standard InChI is InChI=1S/C38H36F3N5O4/c1-7-10-21(2)30-23(4)22(3)19-42-35-32(30)45-34(49-35)26-17-18-29(47)33-31(26)37(5,6)20-46(33)28-12-9-8-11-27(28)44-36(48)43-24-13-15-25(16-14-24)50-38(39,40)41/h8-9,11-19,47H,2-3,7,10,20H2,1,4-6H3,(H2,43,44,48). The Bertz CT molecular complexity index is 2080. The molecule has 0 spiro atoms. The number of oxazole rings is 1. The molecule has 0 saturated heterocycles. The van der Waals surface area contributed by atoms with Gasteiger partial charge in [-0.1, -0.05) is 52.5 Å². The van der Waals surface area contributed by atoms with Gasteiger partial charge in [-0.15, -0.1) is 13.2 Å². The van der Waals surface area contributed by atoms with Crippen LogP contribution in [0.1, 0.15) is 51.8 Å². The number of amides is 2. The Balaban J connectivity index is 1.34. The van der Waals surface area contributed by atoms with E-state index < -0.39 is 23.6 Å². The van der Waals surface area contributed by atoms with E-state index in [4.69, 9.17) is 9.40 Å². The largest absolute Gasteiger partial charge is 0.573 e. The maximum atomic E-state index is 13.1. The lowest BCUT2D eigenvalue weighted by Gasteiger charge is -2.25. The van der Waals surface area contributed by atoms with Crippen LogP contribution in [0.5, 0.6) is 11.5 Å². The first-order valence-electron chi connectivity index (χ1n) is 16.0. The third-order valence-corrected chi connectivity index (χ3v) is 8.62. The number of benzene rings is 3. The van der Waals surface area contributed by atoms with Crippen molar-refractivity contribution in [1.82, 2.24) is 4.98 Å². The summed E-state index contributed by atoms with van der Waals surface area (Å²) >= 11 is 0. The zero-order chi connectivity index (χ0) is 36.0. The van der Waals surface area contributed by atoms with Crippen LogP contribution in [-0.2, 0) is 5.41 Å². The molecule has 258 valence electrons. The lowest BCUT2D eigenvalue weighted by atomic mass is 9.83. The number of aliphatic imine (C=N–C) groups is 1. The fourth-order valence-corrected chi connectivity index (χ4v) is 6.42. The molecule has 0 aliphatic carbocycles. The van der Waals surface area contributed by atoms with Gasteiger partial charge >= 0.3 is 12.4 Å². The topological polar surface area (TPSA) is 112 Å². The summed E-state index contributed by atoms with van der Waals surface area (Å²) in [5.74, 6) is 0.321.